The lowest BCUT2D eigenvalue weighted by atomic mass is 10.0. The molecule has 0 aliphatic carbocycles. The van der Waals surface area contributed by atoms with Crippen LogP contribution in [0.15, 0.2) is 18.2 Å². The van der Waals surface area contributed by atoms with Crippen molar-refractivity contribution in [2.45, 2.75) is 39.7 Å². The summed E-state index contributed by atoms with van der Waals surface area (Å²) in [6.07, 6.45) is 2.14. The number of aryl methyl sites for hydroxylation is 1. The standard InChI is InChI=1S/C16H27NO2/c1-12-7-8-16(19-4)15(10-12)14(3)17-9-5-6-13(2)11-18/h7-8,10,13-14,17-18H,5-6,9,11H2,1-4H3. The molecule has 0 radical (unpaired) electrons. The molecule has 0 heterocycles. The lowest BCUT2D eigenvalue weighted by Gasteiger charge is -2.18. The van der Waals surface area contributed by atoms with Crippen molar-refractivity contribution in [2.75, 3.05) is 20.3 Å². The minimum Gasteiger partial charge on any atom is -0.496 e. The molecule has 108 valence electrons. The number of methoxy groups -OCH3 is 1. The van der Waals surface area contributed by atoms with Gasteiger partial charge >= 0.3 is 0 Å². The number of hydrogen-bond acceptors (Lipinski definition) is 3. The molecule has 0 spiro atoms. The first-order chi connectivity index (χ1) is 9.08. The van der Waals surface area contributed by atoms with Crippen molar-refractivity contribution < 1.29 is 9.84 Å². The largest absolute Gasteiger partial charge is 0.496 e. The fourth-order valence-corrected chi connectivity index (χ4v) is 2.16. The summed E-state index contributed by atoms with van der Waals surface area (Å²) < 4.78 is 5.41. The monoisotopic (exact) mass is 265 g/mol. The highest BCUT2D eigenvalue weighted by atomic mass is 16.5. The fourth-order valence-electron chi connectivity index (χ4n) is 2.16. The predicted molar refractivity (Wildman–Crippen MR) is 79.6 cm³/mol. The Kier molecular flexibility index (Phi) is 6.89. The zero-order chi connectivity index (χ0) is 14.3. The van der Waals surface area contributed by atoms with Crippen LogP contribution in [-0.2, 0) is 0 Å². The van der Waals surface area contributed by atoms with Crippen molar-refractivity contribution in [2.24, 2.45) is 5.92 Å². The molecule has 3 heteroatoms. The van der Waals surface area contributed by atoms with Crippen LogP contribution in [0.5, 0.6) is 5.75 Å². The molecule has 2 unspecified atom stereocenters. The number of ether oxygens (including phenoxy) is 1. The molecule has 0 aliphatic rings. The lowest BCUT2D eigenvalue weighted by Crippen LogP contribution is -2.21. The smallest absolute Gasteiger partial charge is 0.123 e. The van der Waals surface area contributed by atoms with E-state index in [1.165, 1.54) is 11.1 Å². The van der Waals surface area contributed by atoms with Gasteiger partial charge in [-0.3, -0.25) is 0 Å². The summed E-state index contributed by atoms with van der Waals surface area (Å²) in [5, 5.41) is 12.5. The van der Waals surface area contributed by atoms with Gasteiger partial charge < -0.3 is 15.2 Å². The Morgan fingerprint density at radius 2 is 2.05 bits per heavy atom. The molecule has 1 aromatic carbocycles. The van der Waals surface area contributed by atoms with E-state index in [1.807, 2.05) is 6.07 Å². The third-order valence-electron chi connectivity index (χ3n) is 3.49. The third kappa shape index (κ3) is 5.21. The summed E-state index contributed by atoms with van der Waals surface area (Å²) in [4.78, 5) is 0. The van der Waals surface area contributed by atoms with Gasteiger partial charge in [0.15, 0.2) is 0 Å². The average Bonchev–Trinajstić information content (AvgIpc) is 2.42. The SMILES string of the molecule is COc1ccc(C)cc1C(C)NCCCC(C)CO. The molecule has 3 nitrogen and oxygen atoms in total. The van der Waals surface area contributed by atoms with Crippen molar-refractivity contribution in [3.8, 4) is 5.75 Å². The van der Waals surface area contributed by atoms with Gasteiger partial charge in [0, 0.05) is 18.2 Å². The van der Waals surface area contributed by atoms with E-state index in [-0.39, 0.29) is 12.6 Å². The highest BCUT2D eigenvalue weighted by molar-refractivity contribution is 5.38. The van der Waals surface area contributed by atoms with Crippen molar-refractivity contribution in [1.82, 2.24) is 5.32 Å². The Morgan fingerprint density at radius 3 is 2.68 bits per heavy atom. The van der Waals surface area contributed by atoms with Crippen LogP contribution in [-0.4, -0.2) is 25.4 Å². The molecule has 0 saturated heterocycles. The summed E-state index contributed by atoms with van der Waals surface area (Å²) in [7, 11) is 1.71. The first-order valence-corrected chi connectivity index (χ1v) is 7.07. The molecule has 0 fully saturated rings. The fraction of sp³-hybridized carbons (Fsp3) is 0.625. The molecule has 2 N–H and O–H groups in total. The molecular weight excluding hydrogens is 238 g/mol. The van der Waals surface area contributed by atoms with Crippen LogP contribution < -0.4 is 10.1 Å². The van der Waals surface area contributed by atoms with Gasteiger partial charge in [-0.15, -0.1) is 0 Å². The van der Waals surface area contributed by atoms with Crippen LogP contribution >= 0.6 is 0 Å². The number of nitrogens with one attached hydrogen (secondary N) is 1. The molecular formula is C16H27NO2. The molecule has 0 aromatic heterocycles. The molecule has 1 rings (SSSR count). The highest BCUT2D eigenvalue weighted by Crippen LogP contribution is 2.26. The molecule has 0 aliphatic heterocycles. The highest BCUT2D eigenvalue weighted by Gasteiger charge is 2.11. The maximum atomic E-state index is 8.98. The van der Waals surface area contributed by atoms with E-state index < -0.39 is 0 Å². The maximum absolute atomic E-state index is 8.98. The van der Waals surface area contributed by atoms with E-state index in [0.29, 0.717) is 5.92 Å². The summed E-state index contributed by atoms with van der Waals surface area (Å²) in [6, 6.07) is 6.54. The summed E-state index contributed by atoms with van der Waals surface area (Å²) in [5.74, 6) is 1.33. The van der Waals surface area contributed by atoms with Gasteiger partial charge in [0.05, 0.1) is 7.11 Å². The quantitative estimate of drug-likeness (QED) is 0.710. The van der Waals surface area contributed by atoms with Gasteiger partial charge in [-0.1, -0.05) is 24.6 Å². The Morgan fingerprint density at radius 1 is 1.32 bits per heavy atom. The summed E-state index contributed by atoms with van der Waals surface area (Å²) in [5.41, 5.74) is 2.45. The topological polar surface area (TPSA) is 41.5 Å². The number of rotatable bonds is 8. The van der Waals surface area contributed by atoms with Crippen LogP contribution in [0, 0.1) is 12.8 Å². The van der Waals surface area contributed by atoms with E-state index in [4.69, 9.17) is 9.84 Å². The van der Waals surface area contributed by atoms with Gasteiger partial charge in [0.1, 0.15) is 5.75 Å². The van der Waals surface area contributed by atoms with E-state index in [2.05, 4.69) is 38.2 Å². The molecule has 2 atom stereocenters. The zero-order valence-corrected chi connectivity index (χ0v) is 12.6. The van der Waals surface area contributed by atoms with Gasteiger partial charge in [-0.25, -0.2) is 0 Å². The molecule has 19 heavy (non-hydrogen) atoms. The first kappa shape index (κ1) is 16.0. The van der Waals surface area contributed by atoms with E-state index in [9.17, 15) is 0 Å². The van der Waals surface area contributed by atoms with E-state index in [1.54, 1.807) is 7.11 Å². The van der Waals surface area contributed by atoms with Gasteiger partial charge in [0.25, 0.3) is 0 Å². The van der Waals surface area contributed by atoms with Gasteiger partial charge in [0.2, 0.25) is 0 Å². The second-order valence-electron chi connectivity index (χ2n) is 5.35. The summed E-state index contributed by atoms with van der Waals surface area (Å²) >= 11 is 0. The second kappa shape index (κ2) is 8.18. The number of aliphatic hydroxyl groups is 1. The minimum atomic E-state index is 0.277. The molecule has 1 aromatic rings. The Bertz CT molecular complexity index is 379. The van der Waals surface area contributed by atoms with Crippen LogP contribution in [0.3, 0.4) is 0 Å². The van der Waals surface area contributed by atoms with Crippen molar-refractivity contribution >= 4 is 0 Å². The van der Waals surface area contributed by atoms with Crippen LogP contribution in [0.1, 0.15) is 43.9 Å². The number of aliphatic hydroxyl groups excluding tert-OH is 1. The summed E-state index contributed by atoms with van der Waals surface area (Å²) in [6.45, 7) is 7.57. The van der Waals surface area contributed by atoms with Crippen LogP contribution in [0.4, 0.5) is 0 Å². The predicted octanol–water partition coefficient (Wildman–Crippen LogP) is 3.06. The van der Waals surface area contributed by atoms with Crippen LogP contribution in [0.25, 0.3) is 0 Å². The maximum Gasteiger partial charge on any atom is 0.123 e. The Labute approximate surface area is 117 Å². The van der Waals surface area contributed by atoms with Gasteiger partial charge in [-0.05, 0) is 45.2 Å². The van der Waals surface area contributed by atoms with Crippen LogP contribution in [0.2, 0.25) is 0 Å². The first-order valence-electron chi connectivity index (χ1n) is 7.07. The Balaban J connectivity index is 2.49. The molecule has 0 bridgehead atoms. The van der Waals surface area contributed by atoms with Crippen molar-refractivity contribution in [1.29, 1.82) is 0 Å². The average molecular weight is 265 g/mol. The number of hydrogen-bond donors (Lipinski definition) is 2. The normalized spacial score (nSPS) is 14.2. The van der Waals surface area contributed by atoms with Gasteiger partial charge in [-0.2, -0.15) is 0 Å². The van der Waals surface area contributed by atoms with E-state index >= 15 is 0 Å². The second-order valence-corrected chi connectivity index (χ2v) is 5.35. The zero-order valence-electron chi connectivity index (χ0n) is 12.6. The van der Waals surface area contributed by atoms with Crippen molar-refractivity contribution in [3.05, 3.63) is 29.3 Å². The molecule has 0 amide bonds. The number of benzene rings is 1. The Hall–Kier alpha value is -1.06. The lowest BCUT2D eigenvalue weighted by molar-refractivity contribution is 0.227. The minimum absolute atomic E-state index is 0.277. The van der Waals surface area contributed by atoms with E-state index in [0.717, 1.165) is 25.1 Å². The molecule has 0 saturated carbocycles. The third-order valence-corrected chi connectivity index (χ3v) is 3.49. The van der Waals surface area contributed by atoms with Crippen molar-refractivity contribution in [3.63, 3.8) is 0 Å².